The smallest absolute Gasteiger partial charge is 0.341 e. The molecule has 0 N–H and O–H groups in total. The molecule has 0 spiro atoms. The van der Waals surface area contributed by atoms with Crippen molar-refractivity contribution in [1.29, 1.82) is 5.26 Å². The summed E-state index contributed by atoms with van der Waals surface area (Å²) in [4.78, 5) is 16.2. The van der Waals surface area contributed by atoms with Gasteiger partial charge in [0.25, 0.3) is 0 Å². The molecule has 0 aliphatic rings. The summed E-state index contributed by atoms with van der Waals surface area (Å²) in [6.07, 6.45) is 5.42. The predicted octanol–water partition coefficient (Wildman–Crippen LogP) is 2.39. The summed E-state index contributed by atoms with van der Waals surface area (Å²) in [5, 5.41) is 13.6. The normalized spacial score (nSPS) is 11.0. The molecule has 0 fully saturated rings. The van der Waals surface area contributed by atoms with Crippen LogP contribution in [0.25, 0.3) is 16.9 Å². The SMILES string of the molecule is CCOC(=O)c1cnn(-c2cc(C#N)c(-c3cccc(S(C)(=O)=O)c3)cn2)c1. The van der Waals surface area contributed by atoms with E-state index in [2.05, 4.69) is 16.2 Å². The second-order valence-electron chi connectivity index (χ2n) is 5.89. The van der Waals surface area contributed by atoms with Crippen LogP contribution in [0.1, 0.15) is 22.8 Å². The lowest BCUT2D eigenvalue weighted by atomic mass is 10.0. The van der Waals surface area contributed by atoms with E-state index >= 15 is 0 Å². The number of benzene rings is 1. The average Bonchev–Trinajstić information content (AvgIpc) is 3.17. The highest BCUT2D eigenvalue weighted by molar-refractivity contribution is 7.90. The van der Waals surface area contributed by atoms with Gasteiger partial charge in [-0.1, -0.05) is 12.1 Å². The van der Waals surface area contributed by atoms with E-state index in [9.17, 15) is 18.5 Å². The van der Waals surface area contributed by atoms with Crippen molar-refractivity contribution in [2.75, 3.05) is 12.9 Å². The van der Waals surface area contributed by atoms with Gasteiger partial charge in [0, 0.05) is 30.3 Å². The van der Waals surface area contributed by atoms with Gasteiger partial charge in [0.05, 0.1) is 34.9 Å². The van der Waals surface area contributed by atoms with Crippen LogP contribution in [0.4, 0.5) is 0 Å². The molecule has 2 aromatic heterocycles. The Balaban J connectivity index is 2.01. The summed E-state index contributed by atoms with van der Waals surface area (Å²) in [6.45, 7) is 1.96. The molecular weight excluding hydrogens is 380 g/mol. The molecule has 142 valence electrons. The number of sulfone groups is 1. The molecule has 8 nitrogen and oxygen atoms in total. The molecule has 3 rings (SSSR count). The average molecular weight is 396 g/mol. The van der Waals surface area contributed by atoms with Crippen molar-refractivity contribution in [3.8, 4) is 23.0 Å². The molecule has 3 aromatic rings. The minimum atomic E-state index is -3.38. The minimum absolute atomic E-state index is 0.157. The van der Waals surface area contributed by atoms with Crippen LogP contribution in [0, 0.1) is 11.3 Å². The van der Waals surface area contributed by atoms with Gasteiger partial charge in [0.2, 0.25) is 0 Å². The molecule has 0 bridgehead atoms. The van der Waals surface area contributed by atoms with Gasteiger partial charge in [-0.2, -0.15) is 10.4 Å². The van der Waals surface area contributed by atoms with Crippen molar-refractivity contribution in [1.82, 2.24) is 14.8 Å². The van der Waals surface area contributed by atoms with E-state index in [4.69, 9.17) is 4.74 Å². The molecule has 28 heavy (non-hydrogen) atoms. The highest BCUT2D eigenvalue weighted by Crippen LogP contribution is 2.26. The van der Waals surface area contributed by atoms with Gasteiger partial charge in [0.15, 0.2) is 15.7 Å². The lowest BCUT2D eigenvalue weighted by molar-refractivity contribution is 0.0526. The van der Waals surface area contributed by atoms with Crippen molar-refractivity contribution in [3.63, 3.8) is 0 Å². The summed E-state index contributed by atoms with van der Waals surface area (Å²) in [5.41, 5.74) is 1.62. The van der Waals surface area contributed by atoms with Crippen LogP contribution in [-0.2, 0) is 14.6 Å². The second kappa shape index (κ2) is 7.62. The second-order valence-corrected chi connectivity index (χ2v) is 7.91. The molecular formula is C19H16N4O4S. The highest BCUT2D eigenvalue weighted by atomic mass is 32.2. The molecule has 1 aromatic carbocycles. The van der Waals surface area contributed by atoms with E-state index in [0.717, 1.165) is 6.26 Å². The summed E-state index contributed by atoms with van der Waals surface area (Å²) >= 11 is 0. The summed E-state index contributed by atoms with van der Waals surface area (Å²) in [5.74, 6) is -0.154. The fourth-order valence-electron chi connectivity index (χ4n) is 2.55. The molecule has 0 saturated heterocycles. The number of nitrogens with zero attached hydrogens (tertiary/aromatic N) is 4. The van der Waals surface area contributed by atoms with Gasteiger partial charge in [-0.25, -0.2) is 22.9 Å². The summed E-state index contributed by atoms with van der Waals surface area (Å²) < 4.78 is 29.9. The van der Waals surface area contributed by atoms with E-state index in [-0.39, 0.29) is 17.1 Å². The first kappa shape index (κ1) is 19.3. The van der Waals surface area contributed by atoms with E-state index < -0.39 is 15.8 Å². The van der Waals surface area contributed by atoms with Crippen molar-refractivity contribution in [3.05, 3.63) is 60.0 Å². The van der Waals surface area contributed by atoms with Crippen LogP contribution in [0.3, 0.4) is 0 Å². The third kappa shape index (κ3) is 3.92. The maximum atomic E-state index is 11.8. The van der Waals surface area contributed by atoms with Crippen LogP contribution in [0.5, 0.6) is 0 Å². The number of carbonyl (C=O) groups is 1. The Labute approximate surface area is 161 Å². The van der Waals surface area contributed by atoms with Crippen LogP contribution in [0.15, 0.2) is 53.8 Å². The predicted molar refractivity (Wildman–Crippen MR) is 101 cm³/mol. The lowest BCUT2D eigenvalue weighted by Gasteiger charge is -2.08. The topological polar surface area (TPSA) is 115 Å². The zero-order valence-corrected chi connectivity index (χ0v) is 16.0. The van der Waals surface area contributed by atoms with Gasteiger partial charge in [-0.3, -0.25) is 0 Å². The number of pyridine rings is 1. The number of hydrogen-bond acceptors (Lipinski definition) is 7. The Morgan fingerprint density at radius 3 is 2.75 bits per heavy atom. The van der Waals surface area contributed by atoms with Crippen molar-refractivity contribution in [2.24, 2.45) is 0 Å². The van der Waals surface area contributed by atoms with Crippen LogP contribution in [-0.4, -0.2) is 42.0 Å². The van der Waals surface area contributed by atoms with Crippen molar-refractivity contribution in [2.45, 2.75) is 11.8 Å². The van der Waals surface area contributed by atoms with Crippen molar-refractivity contribution < 1.29 is 17.9 Å². The van der Waals surface area contributed by atoms with Crippen LogP contribution < -0.4 is 0 Å². The number of nitriles is 1. The molecule has 0 unspecified atom stereocenters. The van der Waals surface area contributed by atoms with Crippen molar-refractivity contribution >= 4 is 15.8 Å². The maximum Gasteiger partial charge on any atom is 0.341 e. The Kier molecular flexibility index (Phi) is 5.24. The van der Waals surface area contributed by atoms with Gasteiger partial charge in [-0.05, 0) is 24.6 Å². The number of hydrogen-bond donors (Lipinski definition) is 0. The molecule has 0 radical (unpaired) electrons. The number of aromatic nitrogens is 3. The maximum absolute atomic E-state index is 11.8. The van der Waals surface area contributed by atoms with Crippen LogP contribution in [0.2, 0.25) is 0 Å². The van der Waals surface area contributed by atoms with Gasteiger partial charge < -0.3 is 4.74 Å². The minimum Gasteiger partial charge on any atom is -0.462 e. The third-order valence-corrected chi connectivity index (χ3v) is 5.02. The molecule has 2 heterocycles. The summed E-state index contributed by atoms with van der Waals surface area (Å²) in [7, 11) is -3.38. The fraction of sp³-hybridized carbons (Fsp3) is 0.158. The van der Waals surface area contributed by atoms with E-state index in [1.54, 1.807) is 19.1 Å². The number of rotatable bonds is 5. The van der Waals surface area contributed by atoms with Gasteiger partial charge in [0.1, 0.15) is 0 Å². The molecule has 0 atom stereocenters. The molecule has 0 aliphatic carbocycles. The van der Waals surface area contributed by atoms with Gasteiger partial charge in [-0.15, -0.1) is 0 Å². The van der Waals surface area contributed by atoms with E-state index in [0.29, 0.717) is 22.5 Å². The zero-order valence-electron chi connectivity index (χ0n) is 15.2. The first-order valence-electron chi connectivity index (χ1n) is 8.26. The monoisotopic (exact) mass is 396 g/mol. The first-order chi connectivity index (χ1) is 13.3. The largest absolute Gasteiger partial charge is 0.462 e. The summed E-state index contributed by atoms with van der Waals surface area (Å²) in [6, 6.07) is 9.92. The Hall–Kier alpha value is -3.51. The Bertz CT molecular complexity index is 1190. The molecule has 0 amide bonds. The Morgan fingerprint density at radius 2 is 2.07 bits per heavy atom. The van der Waals surface area contributed by atoms with E-state index in [1.165, 1.54) is 41.5 Å². The number of carbonyl (C=O) groups excluding carboxylic acids is 1. The van der Waals surface area contributed by atoms with Crippen LogP contribution >= 0.6 is 0 Å². The lowest BCUT2D eigenvalue weighted by Crippen LogP contribution is -2.04. The molecule has 9 heteroatoms. The highest BCUT2D eigenvalue weighted by Gasteiger charge is 2.14. The number of esters is 1. The Morgan fingerprint density at radius 1 is 1.29 bits per heavy atom. The molecule has 0 aliphatic heterocycles. The fourth-order valence-corrected chi connectivity index (χ4v) is 3.22. The molecule has 0 saturated carbocycles. The first-order valence-corrected chi connectivity index (χ1v) is 10.2. The zero-order chi connectivity index (χ0) is 20.3. The third-order valence-electron chi connectivity index (χ3n) is 3.91. The standard InChI is InChI=1S/C19H16N4O4S/c1-3-27-19(24)15-10-22-23(12-15)18-8-14(9-20)17(11-21-18)13-5-4-6-16(7-13)28(2,25)26/h4-8,10-12H,3H2,1-2H3. The van der Waals surface area contributed by atoms with Gasteiger partial charge >= 0.3 is 5.97 Å². The quantitative estimate of drug-likeness (QED) is 0.608. The van der Waals surface area contributed by atoms with E-state index in [1.807, 2.05) is 0 Å². The number of ether oxygens (including phenoxy) is 1.